The topological polar surface area (TPSA) is 49.4 Å². The highest BCUT2D eigenvalue weighted by Crippen LogP contribution is 2.31. The molecule has 34 heavy (non-hydrogen) atoms. The van der Waals surface area contributed by atoms with Crippen LogP contribution in [-0.4, -0.2) is 29.3 Å². The second kappa shape index (κ2) is 12.6. The van der Waals surface area contributed by atoms with Crippen LogP contribution in [0.3, 0.4) is 0 Å². The molecule has 1 atom stereocenters. The summed E-state index contributed by atoms with van der Waals surface area (Å²) >= 11 is 12.9. The van der Waals surface area contributed by atoms with Gasteiger partial charge in [-0.05, 0) is 36.6 Å². The third kappa shape index (κ3) is 6.40. The predicted molar refractivity (Wildman–Crippen MR) is 139 cm³/mol. The number of halogens is 2. The van der Waals surface area contributed by atoms with Gasteiger partial charge in [-0.3, -0.25) is 9.59 Å². The smallest absolute Gasteiger partial charge is 0.242 e. The number of hydrogen-bond acceptors (Lipinski definition) is 2. The van der Waals surface area contributed by atoms with Crippen LogP contribution in [0.2, 0.25) is 10.0 Å². The number of nitrogens with one attached hydrogen (secondary N) is 1. The van der Waals surface area contributed by atoms with Gasteiger partial charge in [0.05, 0.1) is 0 Å². The van der Waals surface area contributed by atoms with Gasteiger partial charge >= 0.3 is 0 Å². The Morgan fingerprint density at radius 2 is 1.35 bits per heavy atom. The molecule has 3 aromatic rings. The summed E-state index contributed by atoms with van der Waals surface area (Å²) in [5.41, 5.74) is 2.73. The molecule has 0 saturated heterocycles. The molecule has 6 heteroatoms. The van der Waals surface area contributed by atoms with Crippen molar-refractivity contribution in [2.24, 2.45) is 0 Å². The van der Waals surface area contributed by atoms with Crippen molar-refractivity contribution < 1.29 is 9.59 Å². The molecule has 0 aromatic heterocycles. The van der Waals surface area contributed by atoms with Crippen LogP contribution >= 0.6 is 23.2 Å². The zero-order valence-corrected chi connectivity index (χ0v) is 21.0. The summed E-state index contributed by atoms with van der Waals surface area (Å²) in [5, 5.41) is 3.81. The van der Waals surface area contributed by atoms with E-state index in [0.717, 1.165) is 11.1 Å². The maximum Gasteiger partial charge on any atom is 0.242 e. The molecule has 0 fully saturated rings. The summed E-state index contributed by atoms with van der Waals surface area (Å²) in [7, 11) is 0. The lowest BCUT2D eigenvalue weighted by atomic mass is 9.88. The highest BCUT2D eigenvalue weighted by molar-refractivity contribution is 6.36. The van der Waals surface area contributed by atoms with E-state index in [9.17, 15) is 9.59 Å². The Kier molecular flexibility index (Phi) is 9.55. The van der Waals surface area contributed by atoms with Crippen LogP contribution in [0.25, 0.3) is 0 Å². The average molecular weight is 497 g/mol. The molecule has 0 aliphatic heterocycles. The molecular weight excluding hydrogens is 467 g/mol. The number of hydrogen-bond donors (Lipinski definition) is 1. The minimum Gasteiger partial charge on any atom is -0.355 e. The molecule has 3 rings (SSSR count). The monoisotopic (exact) mass is 496 g/mol. The van der Waals surface area contributed by atoms with Crippen molar-refractivity contribution in [3.8, 4) is 0 Å². The van der Waals surface area contributed by atoms with Crippen LogP contribution in [0.5, 0.6) is 0 Å². The van der Waals surface area contributed by atoms with Crippen LogP contribution in [-0.2, 0) is 16.1 Å². The Balaban J connectivity index is 1.99. The molecule has 1 N–H and O–H groups in total. The molecule has 3 aromatic carbocycles. The fraction of sp³-hybridized carbons (Fsp3) is 0.286. The molecule has 0 bridgehead atoms. The lowest BCUT2D eigenvalue weighted by Crippen LogP contribution is -2.49. The van der Waals surface area contributed by atoms with Crippen LogP contribution in [0.1, 0.15) is 49.3 Å². The average Bonchev–Trinajstić information content (AvgIpc) is 2.85. The first-order chi connectivity index (χ1) is 16.5. The second-order valence-electron chi connectivity index (χ2n) is 8.12. The van der Waals surface area contributed by atoms with E-state index < -0.39 is 6.04 Å². The first-order valence-corrected chi connectivity index (χ1v) is 12.3. The number of amides is 2. The molecule has 0 spiro atoms. The van der Waals surface area contributed by atoms with Crippen LogP contribution in [0.15, 0.2) is 78.9 Å². The number of rotatable bonds is 10. The van der Waals surface area contributed by atoms with Crippen molar-refractivity contribution in [2.45, 2.75) is 45.2 Å². The Hall–Kier alpha value is -2.82. The molecule has 0 saturated carbocycles. The van der Waals surface area contributed by atoms with Crippen molar-refractivity contribution in [2.75, 3.05) is 6.54 Å². The predicted octanol–water partition coefficient (Wildman–Crippen LogP) is 6.46. The Labute approximate surface area is 211 Å². The van der Waals surface area contributed by atoms with E-state index in [-0.39, 0.29) is 30.7 Å². The minimum absolute atomic E-state index is 0.133. The van der Waals surface area contributed by atoms with E-state index in [0.29, 0.717) is 28.6 Å². The van der Waals surface area contributed by atoms with Gasteiger partial charge in [-0.2, -0.15) is 0 Å². The van der Waals surface area contributed by atoms with Gasteiger partial charge in [-0.15, -0.1) is 0 Å². The van der Waals surface area contributed by atoms with Crippen molar-refractivity contribution >= 4 is 35.0 Å². The highest BCUT2D eigenvalue weighted by Gasteiger charge is 2.31. The van der Waals surface area contributed by atoms with Crippen molar-refractivity contribution in [1.82, 2.24) is 10.2 Å². The zero-order chi connectivity index (χ0) is 24.5. The molecule has 0 aliphatic rings. The number of carbonyl (C=O) groups is 2. The first kappa shape index (κ1) is 25.8. The van der Waals surface area contributed by atoms with E-state index in [1.54, 1.807) is 23.1 Å². The molecule has 1 unspecified atom stereocenters. The molecule has 2 amide bonds. The van der Waals surface area contributed by atoms with Crippen LogP contribution in [0, 0.1) is 0 Å². The minimum atomic E-state index is -0.632. The third-order valence-corrected chi connectivity index (χ3v) is 6.62. The summed E-state index contributed by atoms with van der Waals surface area (Å²) in [4.78, 5) is 28.5. The van der Waals surface area contributed by atoms with Crippen molar-refractivity contribution in [1.29, 1.82) is 0 Å². The standard InChI is InChI=1S/C28H30Cl2N2O2/c1-3-26(28(34)31-4-2)32(19-23-24(29)16-11-17-25(23)30)27(33)18-22(20-12-7-5-8-13-20)21-14-9-6-10-15-21/h5-17,22,26H,3-4,18-19H2,1-2H3,(H,31,34). The molecule has 4 nitrogen and oxygen atoms in total. The molecule has 0 heterocycles. The maximum atomic E-state index is 13.9. The molecule has 0 aliphatic carbocycles. The van der Waals surface area contributed by atoms with E-state index >= 15 is 0 Å². The van der Waals surface area contributed by atoms with Crippen molar-refractivity contribution in [3.63, 3.8) is 0 Å². The van der Waals surface area contributed by atoms with E-state index in [1.165, 1.54) is 0 Å². The molecular formula is C28H30Cl2N2O2. The number of likely N-dealkylation sites (N-methyl/N-ethyl adjacent to an activating group) is 1. The second-order valence-corrected chi connectivity index (χ2v) is 8.93. The van der Waals surface area contributed by atoms with E-state index in [4.69, 9.17) is 23.2 Å². The van der Waals surface area contributed by atoms with Gasteiger partial charge in [0.25, 0.3) is 0 Å². The van der Waals surface area contributed by atoms with Crippen molar-refractivity contribution in [3.05, 3.63) is 106 Å². The molecule has 0 radical (unpaired) electrons. The SMILES string of the molecule is CCNC(=O)C(CC)N(Cc1c(Cl)cccc1Cl)C(=O)CC(c1ccccc1)c1ccccc1. The number of carbonyl (C=O) groups excluding carboxylic acids is 2. The summed E-state index contributed by atoms with van der Waals surface area (Å²) in [6.07, 6.45) is 0.687. The number of benzene rings is 3. The lowest BCUT2D eigenvalue weighted by Gasteiger charge is -2.32. The summed E-state index contributed by atoms with van der Waals surface area (Å²) in [5.74, 6) is -0.463. The van der Waals surface area contributed by atoms with E-state index in [1.807, 2.05) is 74.5 Å². The first-order valence-electron chi connectivity index (χ1n) is 11.6. The van der Waals surface area contributed by atoms with Gasteiger partial charge in [0, 0.05) is 41.0 Å². The Morgan fingerprint density at radius 1 is 0.824 bits per heavy atom. The third-order valence-electron chi connectivity index (χ3n) is 5.91. The zero-order valence-electron chi connectivity index (χ0n) is 19.5. The highest BCUT2D eigenvalue weighted by atomic mass is 35.5. The molecule has 178 valence electrons. The van der Waals surface area contributed by atoms with Gasteiger partial charge in [-0.1, -0.05) is 96.9 Å². The maximum absolute atomic E-state index is 13.9. The van der Waals surface area contributed by atoms with E-state index in [2.05, 4.69) is 5.32 Å². The quantitative estimate of drug-likeness (QED) is 0.350. The van der Waals surface area contributed by atoms with Gasteiger partial charge in [0.2, 0.25) is 11.8 Å². The fourth-order valence-electron chi connectivity index (χ4n) is 4.16. The van der Waals surface area contributed by atoms with Gasteiger partial charge in [0.1, 0.15) is 6.04 Å². The summed E-state index contributed by atoms with van der Waals surface area (Å²) < 4.78 is 0. The van der Waals surface area contributed by atoms with Gasteiger partial charge < -0.3 is 10.2 Å². The summed E-state index contributed by atoms with van der Waals surface area (Å²) in [6, 6.07) is 24.6. The Bertz CT molecular complexity index is 1030. The lowest BCUT2D eigenvalue weighted by molar-refractivity contribution is -0.141. The van der Waals surface area contributed by atoms with Crippen LogP contribution < -0.4 is 5.32 Å². The number of nitrogens with zero attached hydrogens (tertiary/aromatic N) is 1. The van der Waals surface area contributed by atoms with Gasteiger partial charge in [0.15, 0.2) is 0 Å². The largest absolute Gasteiger partial charge is 0.355 e. The Morgan fingerprint density at radius 3 is 1.82 bits per heavy atom. The van der Waals surface area contributed by atoms with Gasteiger partial charge in [-0.25, -0.2) is 0 Å². The normalized spacial score (nSPS) is 11.8. The van der Waals surface area contributed by atoms with Crippen LogP contribution in [0.4, 0.5) is 0 Å². The summed E-state index contributed by atoms with van der Waals surface area (Å²) in [6.45, 7) is 4.41. The fourth-order valence-corrected chi connectivity index (χ4v) is 4.67.